The number of para-hydroxylation sites is 1. The highest BCUT2D eigenvalue weighted by Gasteiger charge is 2.36. The van der Waals surface area contributed by atoms with Crippen molar-refractivity contribution in [2.45, 2.75) is 57.0 Å². The van der Waals surface area contributed by atoms with E-state index in [-0.39, 0.29) is 0 Å². The molecule has 0 aliphatic carbocycles. The van der Waals surface area contributed by atoms with Crippen LogP contribution in [0.25, 0.3) is 10.9 Å². The van der Waals surface area contributed by atoms with Gasteiger partial charge in [0.05, 0.1) is 0 Å². The number of carbonyl (C=O) groups excluding carboxylic acids is 1. The van der Waals surface area contributed by atoms with Crippen LogP contribution in [0.4, 0.5) is 0 Å². The lowest BCUT2D eigenvalue weighted by Crippen LogP contribution is -2.46. The number of likely N-dealkylation sites (tertiary alicyclic amines) is 1. The first-order valence-corrected chi connectivity index (χ1v) is 9.80. The number of aromatic nitrogens is 1. The van der Waals surface area contributed by atoms with Crippen molar-refractivity contribution in [2.24, 2.45) is 7.05 Å². The molecule has 4 nitrogen and oxygen atoms in total. The summed E-state index contributed by atoms with van der Waals surface area (Å²) >= 11 is 0. The summed E-state index contributed by atoms with van der Waals surface area (Å²) in [7, 11) is 2.08. The van der Waals surface area contributed by atoms with Crippen molar-refractivity contribution in [3.8, 4) is 0 Å². The number of carbonyl (C=O) groups is 1. The summed E-state index contributed by atoms with van der Waals surface area (Å²) in [6.07, 6.45) is 9.74. The molecule has 0 spiro atoms. The van der Waals surface area contributed by atoms with Crippen molar-refractivity contribution >= 4 is 16.8 Å². The van der Waals surface area contributed by atoms with Crippen LogP contribution in [0, 0.1) is 0 Å². The Morgan fingerprint density at radius 3 is 3.00 bits per heavy atom. The van der Waals surface area contributed by atoms with Crippen LogP contribution in [0.3, 0.4) is 0 Å². The van der Waals surface area contributed by atoms with Crippen LogP contribution in [0.15, 0.2) is 30.5 Å². The molecular weight excluding hydrogens is 310 g/mol. The Kier molecular flexibility index (Phi) is 4.80. The SMILES string of the molecule is Cn1cc(CCC(=O)N2CC[C@@H]3NCCCCC[C@H]32)c2ccccc21. The van der Waals surface area contributed by atoms with Gasteiger partial charge >= 0.3 is 0 Å². The molecule has 1 N–H and O–H groups in total. The van der Waals surface area contributed by atoms with Gasteiger partial charge in [-0.2, -0.15) is 0 Å². The van der Waals surface area contributed by atoms with Gasteiger partial charge in [0.25, 0.3) is 0 Å². The molecule has 0 unspecified atom stereocenters. The Hall–Kier alpha value is -1.81. The molecule has 2 fully saturated rings. The molecule has 2 aliphatic heterocycles. The van der Waals surface area contributed by atoms with E-state index in [0.717, 1.165) is 32.4 Å². The van der Waals surface area contributed by atoms with E-state index >= 15 is 0 Å². The molecule has 2 aromatic rings. The van der Waals surface area contributed by atoms with Gasteiger partial charge in [-0.3, -0.25) is 4.79 Å². The second-order valence-corrected chi connectivity index (χ2v) is 7.64. The molecule has 134 valence electrons. The number of benzene rings is 1. The Morgan fingerprint density at radius 1 is 1.20 bits per heavy atom. The van der Waals surface area contributed by atoms with Gasteiger partial charge in [0, 0.05) is 49.2 Å². The molecule has 25 heavy (non-hydrogen) atoms. The van der Waals surface area contributed by atoms with Crippen LogP contribution >= 0.6 is 0 Å². The molecule has 0 bridgehead atoms. The maximum Gasteiger partial charge on any atom is 0.223 e. The van der Waals surface area contributed by atoms with E-state index in [9.17, 15) is 4.79 Å². The first-order chi connectivity index (χ1) is 12.2. The van der Waals surface area contributed by atoms with E-state index < -0.39 is 0 Å². The lowest BCUT2D eigenvalue weighted by molar-refractivity contribution is -0.132. The van der Waals surface area contributed by atoms with Crippen molar-refractivity contribution < 1.29 is 4.79 Å². The number of hydrogen-bond donors (Lipinski definition) is 1. The topological polar surface area (TPSA) is 37.3 Å². The summed E-state index contributed by atoms with van der Waals surface area (Å²) in [6, 6.07) is 9.40. The Bertz CT molecular complexity index is 751. The first kappa shape index (κ1) is 16.6. The molecule has 2 aliphatic rings. The number of nitrogens with one attached hydrogen (secondary N) is 1. The van der Waals surface area contributed by atoms with Crippen molar-refractivity contribution in [1.82, 2.24) is 14.8 Å². The third-order valence-corrected chi connectivity index (χ3v) is 6.04. The molecular formula is C21H29N3O. The lowest BCUT2D eigenvalue weighted by Gasteiger charge is -2.30. The van der Waals surface area contributed by atoms with Crippen LogP contribution in [0.5, 0.6) is 0 Å². The number of fused-ring (bicyclic) bond motifs is 2. The molecule has 1 amide bonds. The Balaban J connectivity index is 1.43. The average molecular weight is 339 g/mol. The lowest BCUT2D eigenvalue weighted by atomic mass is 9.99. The predicted molar refractivity (Wildman–Crippen MR) is 102 cm³/mol. The molecule has 0 radical (unpaired) electrons. The maximum absolute atomic E-state index is 12.9. The summed E-state index contributed by atoms with van der Waals surface area (Å²) in [5.74, 6) is 0.336. The van der Waals surface area contributed by atoms with Gasteiger partial charge in [-0.25, -0.2) is 0 Å². The summed E-state index contributed by atoms with van der Waals surface area (Å²) in [5, 5.41) is 4.95. The van der Waals surface area contributed by atoms with Gasteiger partial charge in [0.1, 0.15) is 0 Å². The van der Waals surface area contributed by atoms with Crippen LogP contribution in [0.2, 0.25) is 0 Å². The van der Waals surface area contributed by atoms with Crippen LogP contribution in [0.1, 0.15) is 44.1 Å². The first-order valence-electron chi connectivity index (χ1n) is 9.80. The van der Waals surface area contributed by atoms with Crippen molar-refractivity contribution in [3.05, 3.63) is 36.0 Å². The molecule has 2 atom stereocenters. The predicted octanol–water partition coefficient (Wildman–Crippen LogP) is 3.24. The average Bonchev–Trinajstić information content (AvgIpc) is 3.14. The van der Waals surface area contributed by atoms with Crippen molar-refractivity contribution in [1.29, 1.82) is 0 Å². The highest BCUT2D eigenvalue weighted by Crippen LogP contribution is 2.27. The minimum atomic E-state index is 0.336. The van der Waals surface area contributed by atoms with Gasteiger partial charge in [0.15, 0.2) is 0 Å². The summed E-state index contributed by atoms with van der Waals surface area (Å²) in [6.45, 7) is 2.04. The quantitative estimate of drug-likeness (QED) is 0.932. The number of amides is 1. The summed E-state index contributed by atoms with van der Waals surface area (Å²) < 4.78 is 2.17. The van der Waals surface area contributed by atoms with Gasteiger partial charge in [-0.05, 0) is 43.9 Å². The zero-order chi connectivity index (χ0) is 17.2. The Morgan fingerprint density at radius 2 is 2.08 bits per heavy atom. The van der Waals surface area contributed by atoms with E-state index in [1.54, 1.807) is 0 Å². The van der Waals surface area contributed by atoms with Gasteiger partial charge in [0.2, 0.25) is 5.91 Å². The monoisotopic (exact) mass is 339 g/mol. The van der Waals surface area contributed by atoms with Crippen LogP contribution in [-0.4, -0.2) is 40.5 Å². The standard InChI is InChI=1S/C21H29N3O/c1-23-15-16(17-7-4-5-8-19(17)23)10-11-21(25)24-14-12-18-20(24)9-3-2-6-13-22-18/h4-5,7-8,15,18,20,22H,2-3,6,9-14H2,1H3/t18-,20+/m0/s1. The van der Waals surface area contributed by atoms with E-state index in [2.05, 4.69) is 52.3 Å². The van der Waals surface area contributed by atoms with Gasteiger partial charge < -0.3 is 14.8 Å². The fourth-order valence-corrected chi connectivity index (χ4v) is 4.71. The minimum Gasteiger partial charge on any atom is -0.350 e. The van der Waals surface area contributed by atoms with Gasteiger partial charge in [-0.15, -0.1) is 0 Å². The van der Waals surface area contributed by atoms with E-state index in [1.165, 1.54) is 35.7 Å². The van der Waals surface area contributed by atoms with Crippen molar-refractivity contribution in [3.63, 3.8) is 0 Å². The van der Waals surface area contributed by atoms with Crippen LogP contribution in [-0.2, 0) is 18.3 Å². The van der Waals surface area contributed by atoms with Gasteiger partial charge in [-0.1, -0.05) is 31.0 Å². The number of aryl methyl sites for hydroxylation is 2. The normalized spacial score (nSPS) is 24.1. The second kappa shape index (κ2) is 7.20. The molecule has 0 saturated carbocycles. The van der Waals surface area contributed by atoms with Crippen LogP contribution < -0.4 is 5.32 Å². The molecule has 2 saturated heterocycles. The Labute approximate surface area is 150 Å². The molecule has 4 rings (SSSR count). The molecule has 1 aromatic carbocycles. The largest absolute Gasteiger partial charge is 0.350 e. The number of rotatable bonds is 3. The maximum atomic E-state index is 12.9. The number of hydrogen-bond acceptors (Lipinski definition) is 2. The fourth-order valence-electron chi connectivity index (χ4n) is 4.71. The third kappa shape index (κ3) is 3.32. The zero-order valence-corrected chi connectivity index (χ0v) is 15.2. The highest BCUT2D eigenvalue weighted by molar-refractivity contribution is 5.85. The minimum absolute atomic E-state index is 0.336. The highest BCUT2D eigenvalue weighted by atomic mass is 16.2. The van der Waals surface area contributed by atoms with E-state index in [1.807, 2.05) is 0 Å². The van der Waals surface area contributed by atoms with E-state index in [0.29, 0.717) is 24.4 Å². The number of nitrogens with zero attached hydrogens (tertiary/aromatic N) is 2. The second-order valence-electron chi connectivity index (χ2n) is 7.64. The molecule has 3 heterocycles. The van der Waals surface area contributed by atoms with E-state index in [4.69, 9.17) is 0 Å². The molecule has 1 aromatic heterocycles. The summed E-state index contributed by atoms with van der Waals surface area (Å²) in [5.41, 5.74) is 2.54. The third-order valence-electron chi connectivity index (χ3n) is 6.04. The molecule has 4 heteroatoms. The fraction of sp³-hybridized carbons (Fsp3) is 0.571. The van der Waals surface area contributed by atoms with Crippen molar-refractivity contribution in [2.75, 3.05) is 13.1 Å². The smallest absolute Gasteiger partial charge is 0.223 e. The summed E-state index contributed by atoms with van der Waals surface area (Å²) in [4.78, 5) is 15.1. The zero-order valence-electron chi connectivity index (χ0n) is 15.2.